The van der Waals surface area contributed by atoms with Crippen molar-refractivity contribution in [1.29, 1.82) is 0 Å². The molecule has 1 atom stereocenters. The number of nitrogens with one attached hydrogen (secondary N) is 1. The van der Waals surface area contributed by atoms with E-state index in [1.54, 1.807) is 7.11 Å². The van der Waals surface area contributed by atoms with Gasteiger partial charge in [-0.15, -0.1) is 0 Å². The maximum absolute atomic E-state index is 5.99. The summed E-state index contributed by atoms with van der Waals surface area (Å²) in [5.74, 6) is 2.45. The van der Waals surface area contributed by atoms with Gasteiger partial charge in [0.15, 0.2) is 0 Å². The van der Waals surface area contributed by atoms with Crippen molar-refractivity contribution in [3.8, 4) is 11.5 Å². The van der Waals surface area contributed by atoms with E-state index in [9.17, 15) is 0 Å². The number of hydrogen-bond donors (Lipinski definition) is 1. The van der Waals surface area contributed by atoms with Crippen molar-refractivity contribution in [3.63, 3.8) is 0 Å². The van der Waals surface area contributed by atoms with E-state index in [1.807, 2.05) is 12.1 Å². The van der Waals surface area contributed by atoms with Crippen LogP contribution < -0.4 is 14.8 Å². The van der Waals surface area contributed by atoms with E-state index >= 15 is 0 Å². The highest BCUT2D eigenvalue weighted by atomic mass is 16.5. The molecule has 1 N–H and O–H groups in total. The fraction of sp³-hybridized carbons (Fsp3) is 0.647. The Morgan fingerprint density at radius 2 is 2.00 bits per heavy atom. The fourth-order valence-corrected chi connectivity index (χ4v) is 2.17. The van der Waals surface area contributed by atoms with Gasteiger partial charge < -0.3 is 14.8 Å². The van der Waals surface area contributed by atoms with E-state index in [2.05, 4.69) is 32.2 Å². The lowest BCUT2D eigenvalue weighted by atomic mass is 10.1. The summed E-state index contributed by atoms with van der Waals surface area (Å²) in [6.45, 7) is 9.24. The molecule has 0 aromatic heterocycles. The Hall–Kier alpha value is -1.22. The minimum Gasteiger partial charge on any atom is -0.497 e. The molecule has 0 amide bonds. The van der Waals surface area contributed by atoms with Crippen molar-refractivity contribution >= 4 is 0 Å². The molecule has 0 radical (unpaired) electrons. The van der Waals surface area contributed by atoms with Crippen LogP contribution in [0.25, 0.3) is 0 Å². The first-order valence-corrected chi connectivity index (χ1v) is 7.71. The summed E-state index contributed by atoms with van der Waals surface area (Å²) >= 11 is 0. The van der Waals surface area contributed by atoms with Crippen molar-refractivity contribution in [2.24, 2.45) is 5.92 Å². The van der Waals surface area contributed by atoms with Crippen LogP contribution in [0.5, 0.6) is 11.5 Å². The number of ether oxygens (including phenoxy) is 2. The predicted molar refractivity (Wildman–Crippen MR) is 84.6 cm³/mol. The second-order valence-corrected chi connectivity index (χ2v) is 5.36. The Kier molecular flexibility index (Phi) is 8.12. The third-order valence-corrected chi connectivity index (χ3v) is 3.31. The first-order chi connectivity index (χ1) is 9.71. The SMILES string of the molecule is CCCNCc1cc(OC)ccc1OCC(C)CCC. The topological polar surface area (TPSA) is 30.5 Å². The molecule has 0 saturated carbocycles. The molecule has 0 aliphatic heterocycles. The predicted octanol–water partition coefficient (Wildman–Crippen LogP) is 4.01. The average Bonchev–Trinajstić information content (AvgIpc) is 2.46. The van der Waals surface area contributed by atoms with Crippen molar-refractivity contribution in [2.75, 3.05) is 20.3 Å². The van der Waals surface area contributed by atoms with E-state index in [4.69, 9.17) is 9.47 Å². The summed E-state index contributed by atoms with van der Waals surface area (Å²) in [5.41, 5.74) is 1.17. The zero-order valence-corrected chi connectivity index (χ0v) is 13.4. The van der Waals surface area contributed by atoms with Gasteiger partial charge in [0, 0.05) is 12.1 Å². The molecule has 0 bridgehead atoms. The number of hydrogen-bond acceptors (Lipinski definition) is 3. The van der Waals surface area contributed by atoms with Crippen LogP contribution in [0.15, 0.2) is 18.2 Å². The summed E-state index contributed by atoms with van der Waals surface area (Å²) in [7, 11) is 1.70. The van der Waals surface area contributed by atoms with Crippen LogP contribution in [0, 0.1) is 5.92 Å². The van der Waals surface area contributed by atoms with Crippen LogP contribution in [-0.4, -0.2) is 20.3 Å². The Labute approximate surface area is 123 Å². The third kappa shape index (κ3) is 5.83. The van der Waals surface area contributed by atoms with Gasteiger partial charge in [-0.3, -0.25) is 0 Å². The maximum atomic E-state index is 5.99. The molecular formula is C17H29NO2. The number of benzene rings is 1. The van der Waals surface area contributed by atoms with Crippen molar-refractivity contribution in [2.45, 2.75) is 46.6 Å². The standard InChI is InChI=1S/C17H29NO2/c1-5-7-14(3)13-20-17-9-8-16(19-4)11-15(17)12-18-10-6-2/h8-9,11,14,18H,5-7,10,12-13H2,1-4H3. The van der Waals surface area contributed by atoms with Crippen LogP contribution in [0.3, 0.4) is 0 Å². The summed E-state index contributed by atoms with van der Waals surface area (Å²) < 4.78 is 11.3. The van der Waals surface area contributed by atoms with Gasteiger partial charge in [-0.05, 0) is 43.5 Å². The third-order valence-electron chi connectivity index (χ3n) is 3.31. The monoisotopic (exact) mass is 279 g/mol. The van der Waals surface area contributed by atoms with Crippen LogP contribution in [-0.2, 0) is 6.54 Å². The highest BCUT2D eigenvalue weighted by Crippen LogP contribution is 2.25. The Balaban J connectivity index is 2.66. The van der Waals surface area contributed by atoms with Gasteiger partial charge in [0.25, 0.3) is 0 Å². The zero-order valence-electron chi connectivity index (χ0n) is 13.4. The lowest BCUT2D eigenvalue weighted by Gasteiger charge is -2.16. The van der Waals surface area contributed by atoms with Gasteiger partial charge >= 0.3 is 0 Å². The molecule has 1 unspecified atom stereocenters. The zero-order chi connectivity index (χ0) is 14.8. The summed E-state index contributed by atoms with van der Waals surface area (Å²) in [6, 6.07) is 6.03. The van der Waals surface area contributed by atoms with Gasteiger partial charge in [-0.25, -0.2) is 0 Å². The molecule has 0 heterocycles. The molecular weight excluding hydrogens is 250 g/mol. The Morgan fingerprint density at radius 3 is 2.65 bits per heavy atom. The normalized spacial score (nSPS) is 12.2. The summed E-state index contributed by atoms with van der Waals surface area (Å²) in [5, 5.41) is 3.42. The Bertz CT molecular complexity index is 379. The van der Waals surface area contributed by atoms with E-state index in [-0.39, 0.29) is 0 Å². The minimum atomic E-state index is 0.596. The quantitative estimate of drug-likeness (QED) is 0.656. The smallest absolute Gasteiger partial charge is 0.124 e. The molecule has 114 valence electrons. The lowest BCUT2D eigenvalue weighted by Crippen LogP contribution is -2.16. The molecule has 1 rings (SSSR count). The second kappa shape index (κ2) is 9.65. The molecule has 0 aliphatic carbocycles. The molecule has 3 heteroatoms. The maximum Gasteiger partial charge on any atom is 0.124 e. The van der Waals surface area contributed by atoms with E-state index in [0.717, 1.165) is 37.6 Å². The molecule has 20 heavy (non-hydrogen) atoms. The first-order valence-electron chi connectivity index (χ1n) is 7.71. The van der Waals surface area contributed by atoms with E-state index in [1.165, 1.54) is 18.4 Å². The van der Waals surface area contributed by atoms with Crippen LogP contribution in [0.1, 0.15) is 45.6 Å². The van der Waals surface area contributed by atoms with Crippen LogP contribution in [0.4, 0.5) is 0 Å². The number of methoxy groups -OCH3 is 1. The lowest BCUT2D eigenvalue weighted by molar-refractivity contribution is 0.248. The van der Waals surface area contributed by atoms with Gasteiger partial charge in [-0.2, -0.15) is 0 Å². The van der Waals surface area contributed by atoms with Gasteiger partial charge in [-0.1, -0.05) is 27.2 Å². The molecule has 0 saturated heterocycles. The largest absolute Gasteiger partial charge is 0.497 e. The van der Waals surface area contributed by atoms with Crippen LogP contribution in [0.2, 0.25) is 0 Å². The minimum absolute atomic E-state index is 0.596. The second-order valence-electron chi connectivity index (χ2n) is 5.36. The van der Waals surface area contributed by atoms with Gasteiger partial charge in [0.1, 0.15) is 11.5 Å². The molecule has 0 aliphatic rings. The van der Waals surface area contributed by atoms with Gasteiger partial charge in [0.2, 0.25) is 0 Å². The van der Waals surface area contributed by atoms with E-state index < -0.39 is 0 Å². The number of rotatable bonds is 10. The summed E-state index contributed by atoms with van der Waals surface area (Å²) in [4.78, 5) is 0. The van der Waals surface area contributed by atoms with Gasteiger partial charge in [0.05, 0.1) is 13.7 Å². The molecule has 0 spiro atoms. The van der Waals surface area contributed by atoms with Crippen molar-refractivity contribution in [3.05, 3.63) is 23.8 Å². The highest BCUT2D eigenvalue weighted by Gasteiger charge is 2.08. The average molecular weight is 279 g/mol. The molecule has 0 fully saturated rings. The van der Waals surface area contributed by atoms with Crippen molar-refractivity contribution in [1.82, 2.24) is 5.32 Å². The molecule has 1 aromatic carbocycles. The van der Waals surface area contributed by atoms with Crippen molar-refractivity contribution < 1.29 is 9.47 Å². The summed E-state index contributed by atoms with van der Waals surface area (Å²) in [6.07, 6.45) is 3.55. The first kappa shape index (κ1) is 16.8. The Morgan fingerprint density at radius 1 is 1.20 bits per heavy atom. The highest BCUT2D eigenvalue weighted by molar-refractivity contribution is 5.40. The fourth-order valence-electron chi connectivity index (χ4n) is 2.17. The molecule has 3 nitrogen and oxygen atoms in total. The van der Waals surface area contributed by atoms with E-state index in [0.29, 0.717) is 5.92 Å². The van der Waals surface area contributed by atoms with Crippen LogP contribution >= 0.6 is 0 Å². The molecule has 1 aromatic rings.